The van der Waals surface area contributed by atoms with Gasteiger partial charge in [0.05, 0.1) is 28.7 Å². The summed E-state index contributed by atoms with van der Waals surface area (Å²) in [5.41, 5.74) is 0.604. The number of nitrogens with zero attached hydrogens (tertiary/aromatic N) is 4. The van der Waals surface area contributed by atoms with Crippen LogP contribution in [-0.2, 0) is 4.84 Å². The second kappa shape index (κ2) is 6.44. The van der Waals surface area contributed by atoms with Crippen molar-refractivity contribution in [1.82, 2.24) is 9.91 Å². The van der Waals surface area contributed by atoms with E-state index in [2.05, 4.69) is 5.28 Å². The Morgan fingerprint density at radius 3 is 2.54 bits per heavy atom. The number of rotatable bonds is 4. The van der Waals surface area contributed by atoms with Crippen LogP contribution in [0, 0.1) is 5.21 Å². The molecule has 128 valence electrons. The van der Waals surface area contributed by atoms with Gasteiger partial charge >= 0.3 is 0 Å². The number of carbonyl (C=O) groups excluding carboxylic acids is 2. The molecule has 1 saturated heterocycles. The van der Waals surface area contributed by atoms with Gasteiger partial charge in [0.15, 0.2) is 0 Å². The van der Waals surface area contributed by atoms with Gasteiger partial charge in [0, 0.05) is 0 Å². The number of imide groups is 1. The van der Waals surface area contributed by atoms with Crippen LogP contribution >= 0.6 is 0 Å². The van der Waals surface area contributed by atoms with E-state index >= 15 is 0 Å². The first-order valence-corrected chi connectivity index (χ1v) is 7.73. The van der Waals surface area contributed by atoms with E-state index in [4.69, 9.17) is 4.84 Å². The Labute approximate surface area is 138 Å². The second-order valence-electron chi connectivity index (χ2n) is 5.77. The number of amides is 2. The van der Waals surface area contributed by atoms with Gasteiger partial charge in [-0.15, -0.1) is 5.01 Å². The van der Waals surface area contributed by atoms with E-state index in [-0.39, 0.29) is 11.5 Å². The summed E-state index contributed by atoms with van der Waals surface area (Å²) in [6, 6.07) is 6.47. The minimum atomic E-state index is -1.02. The molecule has 1 N–H and O–H groups in total. The molecule has 2 unspecified atom stereocenters. The Bertz CT molecular complexity index is 657. The van der Waals surface area contributed by atoms with Crippen molar-refractivity contribution in [1.29, 1.82) is 0 Å². The number of aliphatic hydroxyl groups is 1. The number of fused-ring (bicyclic) bond motifs is 1. The summed E-state index contributed by atoms with van der Waals surface area (Å²) >= 11 is 0. The van der Waals surface area contributed by atoms with Gasteiger partial charge in [0.1, 0.15) is 6.54 Å². The Hall–Kier alpha value is -2.68. The van der Waals surface area contributed by atoms with Gasteiger partial charge in [-0.25, -0.2) is 4.90 Å². The zero-order valence-electron chi connectivity index (χ0n) is 13.2. The lowest BCUT2D eigenvalue weighted by Gasteiger charge is -2.26. The number of benzene rings is 1. The van der Waals surface area contributed by atoms with Gasteiger partial charge in [-0.2, -0.15) is 0 Å². The molecule has 2 atom stereocenters. The predicted molar refractivity (Wildman–Crippen MR) is 80.4 cm³/mol. The third kappa shape index (κ3) is 2.90. The van der Waals surface area contributed by atoms with E-state index in [1.807, 2.05) is 0 Å². The van der Waals surface area contributed by atoms with Crippen LogP contribution in [0.3, 0.4) is 0 Å². The van der Waals surface area contributed by atoms with Crippen LogP contribution in [0.5, 0.6) is 0 Å². The molecule has 0 aromatic heterocycles. The number of β-amino-alcohol motifs (C(OH)–C–C–N with tert-alkyl or cyclic N) is 1. The largest absolute Gasteiger partial charge is 0.569 e. The molecular weight excluding hydrogens is 316 g/mol. The zero-order chi connectivity index (χ0) is 17.3. The van der Waals surface area contributed by atoms with E-state index < -0.39 is 24.1 Å². The first-order chi connectivity index (χ1) is 11.5. The average Bonchev–Trinajstić information content (AvgIpc) is 2.84. The van der Waals surface area contributed by atoms with Crippen LogP contribution < -0.4 is 0 Å². The Balaban J connectivity index is 1.67. The molecule has 2 amide bonds. The highest BCUT2D eigenvalue weighted by molar-refractivity contribution is 6.21. The fourth-order valence-corrected chi connectivity index (χ4v) is 2.84. The highest BCUT2D eigenvalue weighted by Crippen LogP contribution is 2.24. The summed E-state index contributed by atoms with van der Waals surface area (Å²) in [6.45, 7) is 2.08. The number of hydrazine groups is 1. The van der Waals surface area contributed by atoms with Gasteiger partial charge in [-0.3, -0.25) is 9.59 Å². The molecule has 0 bridgehead atoms. The quantitative estimate of drug-likeness (QED) is 0.379. The van der Waals surface area contributed by atoms with Crippen molar-refractivity contribution in [3.8, 4) is 0 Å². The summed E-state index contributed by atoms with van der Waals surface area (Å²) < 4.78 is 0. The van der Waals surface area contributed by atoms with Crippen LogP contribution in [0.1, 0.15) is 40.5 Å². The predicted octanol–water partition coefficient (Wildman–Crippen LogP) is 0.894. The lowest BCUT2D eigenvalue weighted by Crippen LogP contribution is -2.43. The minimum Gasteiger partial charge on any atom is -0.569 e. The number of carbonyl (C=O) groups is 2. The van der Waals surface area contributed by atoms with Crippen LogP contribution in [0.15, 0.2) is 29.5 Å². The Morgan fingerprint density at radius 2 is 1.96 bits per heavy atom. The monoisotopic (exact) mass is 334 g/mol. The van der Waals surface area contributed by atoms with E-state index in [1.54, 1.807) is 24.3 Å². The molecule has 0 aliphatic carbocycles. The lowest BCUT2D eigenvalue weighted by atomic mass is 10.1. The van der Waals surface area contributed by atoms with Crippen LogP contribution in [0.25, 0.3) is 0 Å². The molecule has 0 saturated carbocycles. The maximum atomic E-state index is 12.3. The fourth-order valence-electron chi connectivity index (χ4n) is 2.84. The van der Waals surface area contributed by atoms with Crippen molar-refractivity contribution in [3.05, 3.63) is 40.6 Å². The van der Waals surface area contributed by atoms with E-state index in [9.17, 15) is 19.9 Å². The zero-order valence-corrected chi connectivity index (χ0v) is 13.2. The van der Waals surface area contributed by atoms with Crippen molar-refractivity contribution in [3.63, 3.8) is 0 Å². The van der Waals surface area contributed by atoms with Gasteiger partial charge in [0.25, 0.3) is 11.8 Å². The summed E-state index contributed by atoms with van der Waals surface area (Å²) in [5.74, 6) is -0.965. The molecule has 1 fully saturated rings. The molecule has 9 nitrogen and oxygen atoms in total. The standard InChI is InChI=1S/C15H18N4O5/c1-10(24-16-19(23)17-8-4-5-11(20)9-17)18-14(21)12-6-2-3-7-13(12)15(18)22/h2-3,6-7,10-11,20H,4-5,8-9H2,1H3. The number of hydrogen-bond donors (Lipinski definition) is 1. The Kier molecular flexibility index (Phi) is 4.34. The number of aliphatic hydroxyl groups excluding tert-OH is 1. The molecule has 2 aliphatic rings. The van der Waals surface area contributed by atoms with Crippen molar-refractivity contribution in [2.75, 3.05) is 13.1 Å². The number of piperidine rings is 1. The number of hydrogen-bond acceptors (Lipinski definition) is 6. The van der Waals surface area contributed by atoms with E-state index in [0.29, 0.717) is 30.5 Å². The molecule has 9 heteroatoms. The van der Waals surface area contributed by atoms with Crippen molar-refractivity contribution >= 4 is 11.8 Å². The smallest absolute Gasteiger partial charge is 0.264 e. The maximum absolute atomic E-state index is 12.3. The molecule has 24 heavy (non-hydrogen) atoms. The summed E-state index contributed by atoms with van der Waals surface area (Å²) in [5, 5.41) is 26.2. The second-order valence-corrected chi connectivity index (χ2v) is 5.77. The molecule has 2 heterocycles. The third-order valence-corrected chi connectivity index (χ3v) is 4.08. The van der Waals surface area contributed by atoms with Crippen molar-refractivity contribution < 1.29 is 24.5 Å². The van der Waals surface area contributed by atoms with Crippen molar-refractivity contribution in [2.24, 2.45) is 5.28 Å². The SMILES string of the molecule is CC(ON=[N+]([O-])N1CCCC(O)C1)N1C(=O)c2ccccc2C1=O. The molecule has 3 rings (SSSR count). The van der Waals surface area contributed by atoms with Gasteiger partial charge in [-0.1, -0.05) is 12.1 Å². The maximum Gasteiger partial charge on any atom is 0.264 e. The molecular formula is C15H18N4O5. The summed E-state index contributed by atoms with van der Waals surface area (Å²) in [7, 11) is 0. The average molecular weight is 334 g/mol. The molecule has 0 radical (unpaired) electrons. The van der Waals surface area contributed by atoms with Crippen LogP contribution in [0.2, 0.25) is 0 Å². The van der Waals surface area contributed by atoms with Crippen LogP contribution in [-0.4, -0.2) is 57.2 Å². The highest BCUT2D eigenvalue weighted by atomic mass is 16.7. The molecule has 0 spiro atoms. The lowest BCUT2D eigenvalue weighted by molar-refractivity contribution is -0.715. The minimum absolute atomic E-state index is 0.164. The molecule has 1 aromatic carbocycles. The summed E-state index contributed by atoms with van der Waals surface area (Å²) in [6.07, 6.45) is -0.303. The van der Waals surface area contributed by atoms with E-state index in [0.717, 1.165) is 4.90 Å². The van der Waals surface area contributed by atoms with E-state index in [1.165, 1.54) is 11.9 Å². The van der Waals surface area contributed by atoms with Gasteiger partial charge < -0.3 is 15.2 Å². The first-order valence-electron chi connectivity index (χ1n) is 7.73. The Morgan fingerprint density at radius 1 is 1.33 bits per heavy atom. The van der Waals surface area contributed by atoms with Gasteiger partial charge in [-0.05, 0) is 31.9 Å². The highest BCUT2D eigenvalue weighted by Gasteiger charge is 2.39. The van der Waals surface area contributed by atoms with Gasteiger partial charge in [0.2, 0.25) is 11.5 Å². The molecule has 1 aromatic rings. The first kappa shape index (κ1) is 16.2. The fraction of sp³-hybridized carbons (Fsp3) is 0.467. The summed E-state index contributed by atoms with van der Waals surface area (Å²) in [4.78, 5) is 30.8. The van der Waals surface area contributed by atoms with Crippen molar-refractivity contribution in [2.45, 2.75) is 32.1 Å². The third-order valence-electron chi connectivity index (χ3n) is 4.08. The van der Waals surface area contributed by atoms with Crippen LogP contribution in [0.4, 0.5) is 0 Å². The normalized spacial score (nSPS) is 22.6. The topological polar surface area (TPSA) is 109 Å². The molecule has 2 aliphatic heterocycles.